The number of benzene rings is 2. The molecule has 0 amide bonds. The average molecular weight is 465 g/mol. The minimum absolute atomic E-state index is 0.123. The van der Waals surface area contributed by atoms with Gasteiger partial charge in [0, 0.05) is 25.7 Å². The van der Waals surface area contributed by atoms with Crippen molar-refractivity contribution < 1.29 is 16.8 Å². The molecule has 8 heteroatoms. The van der Waals surface area contributed by atoms with Crippen LogP contribution in [0.15, 0.2) is 34.1 Å². The number of sulfonamides is 2. The van der Waals surface area contributed by atoms with E-state index < -0.39 is 26.1 Å². The summed E-state index contributed by atoms with van der Waals surface area (Å²) in [6.07, 6.45) is 0. The van der Waals surface area contributed by atoms with Crippen LogP contribution >= 0.6 is 0 Å². The molecule has 1 aliphatic heterocycles. The maximum atomic E-state index is 13.5. The van der Waals surface area contributed by atoms with Gasteiger partial charge in [0.15, 0.2) is 0 Å². The molecular weight excluding hydrogens is 432 g/mol. The maximum absolute atomic E-state index is 13.5. The Balaban J connectivity index is 1.93. The van der Waals surface area contributed by atoms with Gasteiger partial charge in [-0.1, -0.05) is 35.4 Å². The first kappa shape index (κ1) is 23.9. The van der Waals surface area contributed by atoms with Crippen LogP contribution in [0.4, 0.5) is 0 Å². The molecule has 1 atom stereocenters. The van der Waals surface area contributed by atoms with E-state index in [2.05, 4.69) is 0 Å². The number of rotatable bonds is 4. The summed E-state index contributed by atoms with van der Waals surface area (Å²) in [6.45, 7) is 13.3. The second kappa shape index (κ2) is 8.31. The molecule has 6 nitrogen and oxygen atoms in total. The van der Waals surface area contributed by atoms with Crippen molar-refractivity contribution >= 4 is 20.0 Å². The first-order valence-corrected chi connectivity index (χ1v) is 13.3. The lowest BCUT2D eigenvalue weighted by Crippen LogP contribution is -2.55. The third-order valence-electron chi connectivity index (χ3n) is 5.90. The third kappa shape index (κ3) is 4.31. The summed E-state index contributed by atoms with van der Waals surface area (Å²) in [5, 5.41) is 0. The van der Waals surface area contributed by atoms with Gasteiger partial charge in [0.05, 0.1) is 9.79 Å². The Kier molecular flexibility index (Phi) is 6.41. The minimum atomic E-state index is -3.73. The number of nitrogens with zero attached hydrogens (tertiary/aromatic N) is 2. The zero-order chi connectivity index (χ0) is 23.3. The van der Waals surface area contributed by atoms with Gasteiger partial charge >= 0.3 is 0 Å². The standard InChI is InChI=1S/C23H32N2O4S2/c1-15-10-17(3)22(18(4)11-15)30(26,27)24-8-9-25(21(7)14-24)31(28,29)23-19(5)12-16(2)13-20(23)6/h10-13,21H,8-9,14H2,1-7H3. The van der Waals surface area contributed by atoms with Crippen molar-refractivity contribution in [2.75, 3.05) is 19.6 Å². The minimum Gasteiger partial charge on any atom is -0.207 e. The van der Waals surface area contributed by atoms with E-state index in [1.54, 1.807) is 34.6 Å². The zero-order valence-electron chi connectivity index (χ0n) is 19.4. The second-order valence-corrected chi connectivity index (χ2v) is 12.5. The normalized spacial score (nSPS) is 19.0. The Morgan fingerprint density at radius 2 is 1.06 bits per heavy atom. The number of piperazine rings is 1. The molecule has 1 heterocycles. The van der Waals surface area contributed by atoms with Crippen LogP contribution in [0.25, 0.3) is 0 Å². The second-order valence-electron chi connectivity index (χ2n) is 8.78. The Hall–Kier alpha value is -1.74. The summed E-state index contributed by atoms with van der Waals surface area (Å²) < 4.78 is 56.7. The van der Waals surface area contributed by atoms with E-state index in [4.69, 9.17) is 0 Å². The van der Waals surface area contributed by atoms with Crippen LogP contribution in [-0.4, -0.2) is 51.1 Å². The van der Waals surface area contributed by atoms with Crippen molar-refractivity contribution in [3.63, 3.8) is 0 Å². The van der Waals surface area contributed by atoms with Crippen LogP contribution in [0.3, 0.4) is 0 Å². The molecule has 3 rings (SSSR count). The predicted octanol–water partition coefficient (Wildman–Crippen LogP) is 3.62. The Bertz CT molecular complexity index is 1190. The summed E-state index contributed by atoms with van der Waals surface area (Å²) in [5.74, 6) is 0. The fourth-order valence-corrected chi connectivity index (χ4v) is 8.83. The van der Waals surface area contributed by atoms with E-state index in [0.29, 0.717) is 32.0 Å². The fourth-order valence-electron chi connectivity index (χ4n) is 4.88. The topological polar surface area (TPSA) is 74.8 Å². The van der Waals surface area contributed by atoms with E-state index in [-0.39, 0.29) is 19.6 Å². The first-order valence-electron chi connectivity index (χ1n) is 10.4. The summed E-state index contributed by atoms with van der Waals surface area (Å²) in [7, 11) is -7.45. The van der Waals surface area contributed by atoms with Gasteiger partial charge in [-0.25, -0.2) is 16.8 Å². The van der Waals surface area contributed by atoms with Crippen LogP contribution in [0, 0.1) is 41.5 Å². The van der Waals surface area contributed by atoms with E-state index in [1.807, 2.05) is 38.1 Å². The van der Waals surface area contributed by atoms with Gasteiger partial charge in [-0.2, -0.15) is 8.61 Å². The molecule has 0 spiro atoms. The van der Waals surface area contributed by atoms with Gasteiger partial charge in [-0.3, -0.25) is 0 Å². The van der Waals surface area contributed by atoms with Gasteiger partial charge in [0.1, 0.15) is 0 Å². The summed E-state index contributed by atoms with van der Waals surface area (Å²) in [6, 6.07) is 7.00. The Morgan fingerprint density at radius 1 is 0.677 bits per heavy atom. The highest BCUT2D eigenvalue weighted by Crippen LogP contribution is 2.31. The smallest absolute Gasteiger partial charge is 0.207 e. The first-order chi connectivity index (χ1) is 14.3. The molecule has 1 unspecified atom stereocenters. The zero-order valence-corrected chi connectivity index (χ0v) is 21.0. The number of aryl methyl sites for hydroxylation is 6. The highest BCUT2D eigenvalue weighted by Gasteiger charge is 2.39. The lowest BCUT2D eigenvalue weighted by atomic mass is 10.1. The third-order valence-corrected chi connectivity index (χ3v) is 10.4. The fraction of sp³-hybridized carbons (Fsp3) is 0.478. The highest BCUT2D eigenvalue weighted by atomic mass is 32.2. The van der Waals surface area contributed by atoms with Crippen molar-refractivity contribution in [1.82, 2.24) is 8.61 Å². The summed E-state index contributed by atoms with van der Waals surface area (Å²) >= 11 is 0. The van der Waals surface area contributed by atoms with Crippen molar-refractivity contribution in [2.45, 2.75) is 64.3 Å². The van der Waals surface area contributed by atoms with E-state index in [1.165, 1.54) is 8.61 Å². The molecule has 1 fully saturated rings. The lowest BCUT2D eigenvalue weighted by Gasteiger charge is -2.39. The molecule has 0 N–H and O–H groups in total. The highest BCUT2D eigenvalue weighted by molar-refractivity contribution is 7.89. The van der Waals surface area contributed by atoms with Crippen molar-refractivity contribution in [2.24, 2.45) is 0 Å². The molecule has 2 aromatic carbocycles. The molecular formula is C23H32N2O4S2. The van der Waals surface area contributed by atoms with Crippen LogP contribution in [-0.2, 0) is 20.0 Å². The average Bonchev–Trinajstić information content (AvgIpc) is 2.58. The predicted molar refractivity (Wildman–Crippen MR) is 123 cm³/mol. The van der Waals surface area contributed by atoms with E-state index in [0.717, 1.165) is 11.1 Å². The molecule has 0 aromatic heterocycles. The van der Waals surface area contributed by atoms with Crippen LogP contribution < -0.4 is 0 Å². The van der Waals surface area contributed by atoms with Crippen molar-refractivity contribution in [3.8, 4) is 0 Å². The van der Waals surface area contributed by atoms with Gasteiger partial charge < -0.3 is 0 Å². The van der Waals surface area contributed by atoms with Gasteiger partial charge in [-0.15, -0.1) is 0 Å². The molecule has 0 bridgehead atoms. The Labute approximate surface area is 187 Å². The molecule has 0 aliphatic carbocycles. The van der Waals surface area contributed by atoms with E-state index in [9.17, 15) is 16.8 Å². The number of hydrogen-bond donors (Lipinski definition) is 0. The molecule has 0 radical (unpaired) electrons. The maximum Gasteiger partial charge on any atom is 0.243 e. The quantitative estimate of drug-likeness (QED) is 0.693. The van der Waals surface area contributed by atoms with Crippen molar-refractivity contribution in [1.29, 1.82) is 0 Å². The summed E-state index contributed by atoms with van der Waals surface area (Å²) in [5.41, 5.74) is 4.89. The van der Waals surface area contributed by atoms with Crippen molar-refractivity contribution in [3.05, 3.63) is 57.6 Å². The lowest BCUT2D eigenvalue weighted by molar-refractivity contribution is 0.212. The van der Waals surface area contributed by atoms with Gasteiger partial charge in [0.2, 0.25) is 20.0 Å². The molecule has 31 heavy (non-hydrogen) atoms. The molecule has 1 saturated heterocycles. The molecule has 170 valence electrons. The van der Waals surface area contributed by atoms with Crippen LogP contribution in [0.1, 0.15) is 40.3 Å². The monoisotopic (exact) mass is 464 g/mol. The molecule has 1 aliphatic rings. The SMILES string of the molecule is Cc1cc(C)c(S(=O)(=O)N2CCN(S(=O)(=O)c3c(C)cc(C)cc3C)C(C)C2)c(C)c1. The van der Waals surface area contributed by atoms with Crippen LogP contribution in [0.2, 0.25) is 0 Å². The van der Waals surface area contributed by atoms with Gasteiger partial charge in [0.25, 0.3) is 0 Å². The molecule has 2 aromatic rings. The van der Waals surface area contributed by atoms with Gasteiger partial charge in [-0.05, 0) is 70.7 Å². The summed E-state index contributed by atoms with van der Waals surface area (Å²) in [4.78, 5) is 0.651. The van der Waals surface area contributed by atoms with Crippen LogP contribution in [0.5, 0.6) is 0 Å². The molecule has 0 saturated carbocycles. The Morgan fingerprint density at radius 3 is 1.45 bits per heavy atom. The number of hydrogen-bond acceptors (Lipinski definition) is 4. The van der Waals surface area contributed by atoms with E-state index >= 15 is 0 Å². The largest absolute Gasteiger partial charge is 0.243 e.